The lowest BCUT2D eigenvalue weighted by Crippen LogP contribution is -2.29. The SMILES string of the molecule is C.C.CC(C)C1Nc2ccccc2C1C(C)C.CC(C)c1ccc2c(c1)oc1cc(C(C)(C)C)ccc12. The molecule has 2 unspecified atom stereocenters. The van der Waals surface area contributed by atoms with Gasteiger partial charge in [-0.1, -0.05) is 120 Å². The van der Waals surface area contributed by atoms with Crippen molar-refractivity contribution in [3.05, 3.63) is 77.4 Å². The number of benzene rings is 3. The van der Waals surface area contributed by atoms with E-state index in [0.717, 1.165) is 11.2 Å². The molecule has 2 atom stereocenters. The first kappa shape index (κ1) is 30.5. The van der Waals surface area contributed by atoms with Crippen LogP contribution < -0.4 is 5.32 Å². The van der Waals surface area contributed by atoms with E-state index in [2.05, 4.69) is 128 Å². The van der Waals surface area contributed by atoms with Gasteiger partial charge in [-0.25, -0.2) is 0 Å². The maximum atomic E-state index is 6.08. The van der Waals surface area contributed by atoms with Crippen LogP contribution in [-0.2, 0) is 5.41 Å². The molecule has 0 aliphatic carbocycles. The second-order valence-electron chi connectivity index (χ2n) is 12.2. The third-order valence-electron chi connectivity index (χ3n) is 7.50. The molecule has 0 saturated heterocycles. The molecular formula is C35H51NO. The summed E-state index contributed by atoms with van der Waals surface area (Å²) in [7, 11) is 0. The Hall–Kier alpha value is -2.74. The summed E-state index contributed by atoms with van der Waals surface area (Å²) in [5.74, 6) is 2.58. The van der Waals surface area contributed by atoms with Gasteiger partial charge < -0.3 is 9.73 Å². The van der Waals surface area contributed by atoms with Crippen LogP contribution in [0.25, 0.3) is 21.9 Å². The number of rotatable bonds is 3. The quantitative estimate of drug-likeness (QED) is 0.302. The van der Waals surface area contributed by atoms with Crippen molar-refractivity contribution >= 4 is 27.6 Å². The second-order valence-corrected chi connectivity index (χ2v) is 12.2. The number of furan rings is 1. The van der Waals surface area contributed by atoms with Gasteiger partial charge in [0, 0.05) is 28.4 Å². The molecule has 1 aliphatic heterocycles. The predicted molar refractivity (Wildman–Crippen MR) is 166 cm³/mol. The maximum Gasteiger partial charge on any atom is 0.135 e. The first-order chi connectivity index (χ1) is 16.5. The largest absolute Gasteiger partial charge is 0.456 e. The van der Waals surface area contributed by atoms with Crippen LogP contribution >= 0.6 is 0 Å². The molecule has 3 aromatic carbocycles. The molecule has 37 heavy (non-hydrogen) atoms. The molecule has 1 aromatic heterocycles. The lowest BCUT2D eigenvalue weighted by molar-refractivity contribution is 0.385. The summed E-state index contributed by atoms with van der Waals surface area (Å²) < 4.78 is 6.08. The molecular weight excluding hydrogens is 450 g/mol. The third-order valence-corrected chi connectivity index (χ3v) is 7.50. The van der Waals surface area contributed by atoms with Gasteiger partial charge in [0.25, 0.3) is 0 Å². The van der Waals surface area contributed by atoms with Crippen molar-refractivity contribution in [3.63, 3.8) is 0 Å². The number of fused-ring (bicyclic) bond motifs is 4. The highest BCUT2D eigenvalue weighted by atomic mass is 16.3. The van der Waals surface area contributed by atoms with Crippen LogP contribution in [0.1, 0.15) is 106 Å². The highest BCUT2D eigenvalue weighted by Gasteiger charge is 2.35. The van der Waals surface area contributed by atoms with E-state index in [1.807, 2.05) is 0 Å². The minimum absolute atomic E-state index is 0. The fraction of sp³-hybridized carbons (Fsp3) is 0.486. The minimum Gasteiger partial charge on any atom is -0.456 e. The van der Waals surface area contributed by atoms with Crippen LogP contribution in [0.3, 0.4) is 0 Å². The first-order valence-corrected chi connectivity index (χ1v) is 13.3. The third kappa shape index (κ3) is 6.22. The smallest absolute Gasteiger partial charge is 0.135 e. The fourth-order valence-corrected chi connectivity index (χ4v) is 5.36. The Kier molecular flexibility index (Phi) is 9.69. The van der Waals surface area contributed by atoms with Crippen LogP contribution in [-0.4, -0.2) is 6.04 Å². The molecule has 2 heterocycles. The van der Waals surface area contributed by atoms with Crippen LogP contribution in [0.15, 0.2) is 65.1 Å². The van der Waals surface area contributed by atoms with Crippen molar-refractivity contribution in [3.8, 4) is 0 Å². The van der Waals surface area contributed by atoms with Gasteiger partial charge in [0.15, 0.2) is 0 Å². The minimum atomic E-state index is 0. The summed E-state index contributed by atoms with van der Waals surface area (Å²) in [6, 6.07) is 22.5. The summed E-state index contributed by atoms with van der Waals surface area (Å²) >= 11 is 0. The van der Waals surface area contributed by atoms with Gasteiger partial charge in [-0.3, -0.25) is 0 Å². The molecule has 1 N–H and O–H groups in total. The van der Waals surface area contributed by atoms with Gasteiger partial charge in [-0.15, -0.1) is 0 Å². The Bertz CT molecular complexity index is 1300. The van der Waals surface area contributed by atoms with E-state index in [0.29, 0.717) is 29.7 Å². The lowest BCUT2D eigenvalue weighted by Gasteiger charge is -2.26. The van der Waals surface area contributed by atoms with Gasteiger partial charge in [0.1, 0.15) is 11.2 Å². The fourth-order valence-electron chi connectivity index (χ4n) is 5.36. The summed E-state index contributed by atoms with van der Waals surface area (Å²) in [4.78, 5) is 0. The maximum absolute atomic E-state index is 6.08. The Morgan fingerprint density at radius 2 is 1.32 bits per heavy atom. The summed E-state index contributed by atoms with van der Waals surface area (Å²) in [5, 5.41) is 6.09. The average molecular weight is 502 g/mol. The van der Waals surface area contributed by atoms with Crippen LogP contribution in [0.5, 0.6) is 0 Å². The van der Waals surface area contributed by atoms with E-state index < -0.39 is 0 Å². The highest BCUT2D eigenvalue weighted by Crippen LogP contribution is 2.42. The van der Waals surface area contributed by atoms with E-state index >= 15 is 0 Å². The molecule has 0 amide bonds. The predicted octanol–water partition coefficient (Wildman–Crippen LogP) is 11.2. The Balaban J connectivity index is 0.000000256. The van der Waals surface area contributed by atoms with E-state index in [1.54, 1.807) is 0 Å². The van der Waals surface area contributed by atoms with Crippen molar-refractivity contribution in [2.24, 2.45) is 11.8 Å². The molecule has 5 rings (SSSR count). The highest BCUT2D eigenvalue weighted by molar-refractivity contribution is 6.05. The molecule has 2 nitrogen and oxygen atoms in total. The Morgan fingerprint density at radius 3 is 1.89 bits per heavy atom. The van der Waals surface area contributed by atoms with Gasteiger partial charge in [0.05, 0.1) is 0 Å². The van der Waals surface area contributed by atoms with Crippen molar-refractivity contribution in [2.75, 3.05) is 5.32 Å². The molecule has 0 bridgehead atoms. The van der Waals surface area contributed by atoms with Crippen molar-refractivity contribution in [1.29, 1.82) is 0 Å². The molecule has 0 saturated carbocycles. The zero-order valence-corrected chi connectivity index (χ0v) is 23.1. The number of nitrogens with one attached hydrogen (secondary N) is 1. The van der Waals surface area contributed by atoms with Crippen molar-refractivity contribution < 1.29 is 4.42 Å². The summed E-state index contributed by atoms with van der Waals surface area (Å²) in [6.07, 6.45) is 0. The van der Waals surface area contributed by atoms with Crippen molar-refractivity contribution in [1.82, 2.24) is 0 Å². The molecule has 1 aliphatic rings. The second kappa shape index (κ2) is 11.8. The number of hydrogen-bond donors (Lipinski definition) is 1. The summed E-state index contributed by atoms with van der Waals surface area (Å²) in [6.45, 7) is 20.4. The molecule has 0 fully saturated rings. The Morgan fingerprint density at radius 1 is 0.730 bits per heavy atom. The Labute approximate surface area is 226 Å². The lowest BCUT2D eigenvalue weighted by atomic mass is 9.81. The molecule has 4 aromatic rings. The normalized spacial score (nSPS) is 16.8. The van der Waals surface area contributed by atoms with Crippen LogP contribution in [0.4, 0.5) is 5.69 Å². The molecule has 202 valence electrons. The number of para-hydroxylation sites is 1. The molecule has 0 radical (unpaired) electrons. The van der Waals surface area contributed by atoms with E-state index in [1.165, 1.54) is 33.2 Å². The molecule has 2 heteroatoms. The molecule has 0 spiro atoms. The van der Waals surface area contributed by atoms with Crippen LogP contribution in [0, 0.1) is 11.8 Å². The zero-order valence-electron chi connectivity index (χ0n) is 23.1. The monoisotopic (exact) mass is 501 g/mol. The van der Waals surface area contributed by atoms with Gasteiger partial charge in [-0.05, 0) is 58.1 Å². The number of anilines is 1. The van der Waals surface area contributed by atoms with Gasteiger partial charge in [-0.2, -0.15) is 0 Å². The topological polar surface area (TPSA) is 25.2 Å². The first-order valence-electron chi connectivity index (χ1n) is 13.3. The van der Waals surface area contributed by atoms with Gasteiger partial charge in [0.2, 0.25) is 0 Å². The average Bonchev–Trinajstić information content (AvgIpc) is 3.36. The number of hydrogen-bond acceptors (Lipinski definition) is 2. The van der Waals surface area contributed by atoms with E-state index in [4.69, 9.17) is 4.42 Å². The standard InChI is InChI=1S/C19H22O.C14H21N.2CH4/c1-12(2)13-6-8-15-16-9-7-14(19(3,4)5)11-18(16)20-17(15)10-13;1-9(2)13-11-7-5-6-8-12(11)15-14(13)10(3)4;;/h6-12H,1-5H3;5-10,13-15H,1-4H3;2*1H4. The van der Waals surface area contributed by atoms with Crippen molar-refractivity contribution in [2.45, 2.75) is 100 Å². The van der Waals surface area contributed by atoms with Crippen LogP contribution in [0.2, 0.25) is 0 Å². The van der Waals surface area contributed by atoms with E-state index in [-0.39, 0.29) is 20.3 Å². The van der Waals surface area contributed by atoms with Gasteiger partial charge >= 0.3 is 0 Å². The summed E-state index contributed by atoms with van der Waals surface area (Å²) in [5.41, 5.74) is 7.63. The van der Waals surface area contributed by atoms with E-state index in [9.17, 15) is 0 Å². The zero-order chi connectivity index (χ0) is 25.5.